The van der Waals surface area contributed by atoms with Crippen LogP contribution in [-0.2, 0) is 11.3 Å². The number of carbonyl (C=O) groups is 1. The fourth-order valence-corrected chi connectivity index (χ4v) is 3.47. The van der Waals surface area contributed by atoms with E-state index >= 15 is 4.39 Å². The van der Waals surface area contributed by atoms with Crippen molar-refractivity contribution in [2.75, 3.05) is 25.5 Å². The topological polar surface area (TPSA) is 81.5 Å². The van der Waals surface area contributed by atoms with Gasteiger partial charge < -0.3 is 19.7 Å². The molecule has 1 aliphatic rings. The number of hydrogen-bond acceptors (Lipinski definition) is 6. The molecule has 1 amide bonds. The number of nitrogens with one attached hydrogen (secondary N) is 1. The molecule has 164 valence electrons. The van der Waals surface area contributed by atoms with Gasteiger partial charge >= 0.3 is 6.09 Å². The first-order valence-corrected chi connectivity index (χ1v) is 10.1. The maximum Gasteiger partial charge on any atom is 0.410 e. The molecule has 2 aromatic rings. The van der Waals surface area contributed by atoms with E-state index in [0.29, 0.717) is 24.5 Å². The monoisotopic (exact) mass is 419 g/mol. The number of likely N-dealkylation sites (tertiary alicyclic amines) is 1. The third-order valence-electron chi connectivity index (χ3n) is 4.92. The molecule has 1 aliphatic heterocycles. The Morgan fingerprint density at radius 1 is 1.40 bits per heavy atom. The first kappa shape index (κ1) is 21.9. The van der Waals surface area contributed by atoms with Crippen molar-refractivity contribution in [2.45, 2.75) is 58.5 Å². The van der Waals surface area contributed by atoms with Crippen LogP contribution >= 0.6 is 0 Å². The number of amides is 1. The standard InChI is InChI=1S/C21H30FN5O3/c1-14-18(7-6-9-24-14)29-13-15-11-25-27(19(15)23-5)17-8-10-26(12-16(17)22)20(28)30-21(2,3)4/h6-7,9,11,16-17,23H,8,10,12-13H2,1-5H3/t16-,17-/m0/s1. The largest absolute Gasteiger partial charge is 0.487 e. The van der Waals surface area contributed by atoms with E-state index in [4.69, 9.17) is 9.47 Å². The normalized spacial score (nSPS) is 19.5. The van der Waals surface area contributed by atoms with Crippen molar-refractivity contribution in [1.29, 1.82) is 0 Å². The average molecular weight is 420 g/mol. The fraction of sp³-hybridized carbons (Fsp3) is 0.571. The molecule has 0 aliphatic carbocycles. The summed E-state index contributed by atoms with van der Waals surface area (Å²) in [4.78, 5) is 17.9. The summed E-state index contributed by atoms with van der Waals surface area (Å²) in [5.74, 6) is 1.40. The molecule has 3 heterocycles. The van der Waals surface area contributed by atoms with Gasteiger partial charge in [0.1, 0.15) is 29.9 Å². The van der Waals surface area contributed by atoms with Crippen LogP contribution in [0.4, 0.5) is 15.0 Å². The highest BCUT2D eigenvalue weighted by atomic mass is 19.1. The smallest absolute Gasteiger partial charge is 0.410 e. The van der Waals surface area contributed by atoms with Crippen LogP contribution < -0.4 is 10.1 Å². The number of carbonyl (C=O) groups excluding carboxylic acids is 1. The van der Waals surface area contributed by atoms with Crippen molar-refractivity contribution < 1.29 is 18.7 Å². The van der Waals surface area contributed by atoms with Crippen molar-refractivity contribution >= 4 is 11.9 Å². The number of ether oxygens (including phenoxy) is 2. The van der Waals surface area contributed by atoms with Crippen LogP contribution in [0.15, 0.2) is 24.5 Å². The highest BCUT2D eigenvalue weighted by molar-refractivity contribution is 5.68. The number of aromatic nitrogens is 3. The molecule has 3 rings (SSSR count). The Labute approximate surface area is 176 Å². The number of pyridine rings is 1. The summed E-state index contributed by atoms with van der Waals surface area (Å²) in [6, 6.07) is 3.20. The highest BCUT2D eigenvalue weighted by Crippen LogP contribution is 2.31. The molecule has 0 bridgehead atoms. The van der Waals surface area contributed by atoms with E-state index in [1.807, 2.05) is 19.1 Å². The Balaban J connectivity index is 1.68. The Morgan fingerprint density at radius 2 is 2.17 bits per heavy atom. The van der Waals surface area contributed by atoms with Crippen LogP contribution in [0, 0.1) is 6.92 Å². The van der Waals surface area contributed by atoms with Gasteiger partial charge in [-0.15, -0.1) is 0 Å². The zero-order chi connectivity index (χ0) is 21.9. The van der Waals surface area contributed by atoms with Gasteiger partial charge in [0.2, 0.25) is 0 Å². The maximum atomic E-state index is 15.0. The molecule has 8 nitrogen and oxygen atoms in total. The molecule has 2 atom stereocenters. The number of alkyl halides is 1. The van der Waals surface area contributed by atoms with Crippen molar-refractivity contribution in [3.63, 3.8) is 0 Å². The van der Waals surface area contributed by atoms with Crippen LogP contribution in [0.25, 0.3) is 0 Å². The predicted molar refractivity (Wildman–Crippen MR) is 111 cm³/mol. The van der Waals surface area contributed by atoms with Gasteiger partial charge in [0, 0.05) is 19.8 Å². The second-order valence-electron chi connectivity index (χ2n) is 8.39. The molecule has 9 heteroatoms. The summed E-state index contributed by atoms with van der Waals surface area (Å²) in [5.41, 5.74) is 1.01. The zero-order valence-electron chi connectivity index (χ0n) is 18.2. The number of nitrogens with zero attached hydrogens (tertiary/aromatic N) is 4. The molecule has 0 saturated carbocycles. The van der Waals surface area contributed by atoms with Gasteiger partial charge in [0.25, 0.3) is 0 Å². The first-order valence-electron chi connectivity index (χ1n) is 10.1. The zero-order valence-corrected chi connectivity index (χ0v) is 18.2. The van der Waals surface area contributed by atoms with Gasteiger partial charge in [-0.1, -0.05) is 0 Å². The first-order chi connectivity index (χ1) is 14.2. The Morgan fingerprint density at radius 3 is 2.80 bits per heavy atom. The molecule has 1 fully saturated rings. The number of halogens is 1. The summed E-state index contributed by atoms with van der Waals surface area (Å²) in [6.07, 6.45) is 2.10. The van der Waals surface area contributed by atoms with Gasteiger partial charge in [-0.3, -0.25) is 4.98 Å². The second kappa shape index (κ2) is 8.89. The molecular weight excluding hydrogens is 389 g/mol. The van der Waals surface area contributed by atoms with Crippen molar-refractivity contribution in [3.05, 3.63) is 35.8 Å². The lowest BCUT2D eigenvalue weighted by Gasteiger charge is -2.36. The molecule has 2 aromatic heterocycles. The number of hydrogen-bond donors (Lipinski definition) is 1. The second-order valence-corrected chi connectivity index (χ2v) is 8.39. The number of piperidine rings is 1. The van der Waals surface area contributed by atoms with Gasteiger partial charge in [0.15, 0.2) is 0 Å². The SMILES string of the molecule is CNc1c(COc2cccnc2C)cnn1[C@H]1CCN(C(=O)OC(C)(C)C)C[C@@H]1F. The minimum atomic E-state index is -1.26. The maximum absolute atomic E-state index is 15.0. The van der Waals surface area contributed by atoms with Crippen LogP contribution in [0.2, 0.25) is 0 Å². The summed E-state index contributed by atoms with van der Waals surface area (Å²) < 4.78 is 27.9. The van der Waals surface area contributed by atoms with Crippen LogP contribution in [0.5, 0.6) is 5.75 Å². The minimum absolute atomic E-state index is 0.0245. The molecule has 0 aromatic carbocycles. The molecule has 30 heavy (non-hydrogen) atoms. The third kappa shape index (κ3) is 5.01. The fourth-order valence-electron chi connectivity index (χ4n) is 3.47. The van der Waals surface area contributed by atoms with Crippen molar-refractivity contribution in [3.8, 4) is 5.75 Å². The van der Waals surface area contributed by atoms with Gasteiger partial charge in [-0.25, -0.2) is 13.9 Å². The molecule has 0 unspecified atom stereocenters. The Kier molecular flexibility index (Phi) is 6.48. The quantitative estimate of drug-likeness (QED) is 0.795. The summed E-state index contributed by atoms with van der Waals surface area (Å²) >= 11 is 0. The van der Waals surface area contributed by atoms with Gasteiger partial charge in [0.05, 0.1) is 30.0 Å². The lowest BCUT2D eigenvalue weighted by atomic mass is 10.0. The van der Waals surface area contributed by atoms with Crippen LogP contribution in [0.1, 0.15) is 44.5 Å². The van der Waals surface area contributed by atoms with E-state index in [1.54, 1.807) is 44.9 Å². The predicted octanol–water partition coefficient (Wildman–Crippen LogP) is 3.73. The molecule has 0 radical (unpaired) electrons. The molecule has 0 spiro atoms. The number of anilines is 1. The molecule has 1 saturated heterocycles. The average Bonchev–Trinajstić information content (AvgIpc) is 3.08. The van der Waals surface area contributed by atoms with E-state index in [0.717, 1.165) is 11.3 Å². The van der Waals surface area contributed by atoms with E-state index < -0.39 is 23.9 Å². The lowest BCUT2D eigenvalue weighted by Crippen LogP contribution is -2.47. The molecule has 1 N–H and O–H groups in total. The number of aryl methyl sites for hydroxylation is 1. The Bertz CT molecular complexity index is 880. The van der Waals surface area contributed by atoms with Gasteiger partial charge in [-0.2, -0.15) is 5.10 Å². The van der Waals surface area contributed by atoms with Gasteiger partial charge in [-0.05, 0) is 46.2 Å². The third-order valence-corrected chi connectivity index (χ3v) is 4.92. The van der Waals surface area contributed by atoms with E-state index in [9.17, 15) is 4.79 Å². The summed E-state index contributed by atoms with van der Waals surface area (Å²) in [5, 5.41) is 7.52. The van der Waals surface area contributed by atoms with Crippen LogP contribution in [-0.4, -0.2) is 57.7 Å². The minimum Gasteiger partial charge on any atom is -0.487 e. The van der Waals surface area contributed by atoms with E-state index in [2.05, 4.69) is 15.4 Å². The van der Waals surface area contributed by atoms with E-state index in [1.165, 1.54) is 4.90 Å². The lowest BCUT2D eigenvalue weighted by molar-refractivity contribution is 0.00594. The van der Waals surface area contributed by atoms with Crippen LogP contribution in [0.3, 0.4) is 0 Å². The molecular formula is C21H30FN5O3. The van der Waals surface area contributed by atoms with E-state index in [-0.39, 0.29) is 13.2 Å². The van der Waals surface area contributed by atoms with Crippen molar-refractivity contribution in [1.82, 2.24) is 19.7 Å². The summed E-state index contributed by atoms with van der Waals surface area (Å²) in [6.45, 7) is 7.94. The summed E-state index contributed by atoms with van der Waals surface area (Å²) in [7, 11) is 1.77. The van der Waals surface area contributed by atoms with Crippen molar-refractivity contribution in [2.24, 2.45) is 0 Å². The number of rotatable bonds is 5. The highest BCUT2D eigenvalue weighted by Gasteiger charge is 2.36. The Hall–Kier alpha value is -2.84.